The molecule has 1 aliphatic carbocycles. The smallest absolute Gasteiger partial charge is 0.119 e. The molecule has 0 aromatic heterocycles. The first-order chi connectivity index (χ1) is 7.23. The molecule has 1 aromatic carbocycles. The van der Waals surface area contributed by atoms with E-state index >= 15 is 0 Å². The van der Waals surface area contributed by atoms with Crippen molar-refractivity contribution >= 4 is 0 Å². The van der Waals surface area contributed by atoms with Crippen molar-refractivity contribution in [1.29, 1.82) is 0 Å². The first-order valence-corrected chi connectivity index (χ1v) is 5.59. The topological polar surface area (TPSA) is 12.5 Å². The van der Waals surface area contributed by atoms with Crippen molar-refractivity contribution in [2.24, 2.45) is 0 Å². The Labute approximate surface area is 90.8 Å². The molecule has 0 saturated heterocycles. The Bertz CT molecular complexity index is 396. The van der Waals surface area contributed by atoms with E-state index < -0.39 is 0 Å². The summed E-state index contributed by atoms with van der Waals surface area (Å²) in [6, 6.07) is 6.55. The minimum atomic E-state index is 0.469. The van der Waals surface area contributed by atoms with Gasteiger partial charge < -0.3 is 9.64 Å². The fourth-order valence-corrected chi connectivity index (χ4v) is 2.84. The third-order valence-electron chi connectivity index (χ3n) is 3.75. The normalized spacial score (nSPS) is 22.5. The molecule has 0 N–H and O–H groups in total. The van der Waals surface area contributed by atoms with E-state index in [0.29, 0.717) is 5.41 Å². The van der Waals surface area contributed by atoms with Crippen LogP contribution in [-0.2, 0) is 12.0 Å². The highest BCUT2D eigenvalue weighted by Crippen LogP contribution is 2.52. The molecule has 0 bridgehead atoms. The molecule has 1 fully saturated rings. The van der Waals surface area contributed by atoms with Crippen LogP contribution in [0.5, 0.6) is 5.75 Å². The van der Waals surface area contributed by atoms with Crippen molar-refractivity contribution in [2.75, 3.05) is 20.7 Å². The molecule has 1 aliphatic heterocycles. The van der Waals surface area contributed by atoms with Crippen LogP contribution in [0.2, 0.25) is 0 Å². The predicted molar refractivity (Wildman–Crippen MR) is 60.2 cm³/mol. The van der Waals surface area contributed by atoms with Crippen LogP contribution in [0.25, 0.3) is 0 Å². The van der Waals surface area contributed by atoms with Crippen molar-refractivity contribution in [1.82, 2.24) is 4.90 Å². The van der Waals surface area contributed by atoms with Crippen LogP contribution in [0.1, 0.15) is 24.0 Å². The van der Waals surface area contributed by atoms with Crippen molar-refractivity contribution in [2.45, 2.75) is 24.8 Å². The summed E-state index contributed by atoms with van der Waals surface area (Å²) < 4.78 is 5.31. The largest absolute Gasteiger partial charge is 0.497 e. The van der Waals surface area contributed by atoms with E-state index in [4.69, 9.17) is 4.74 Å². The molecule has 3 rings (SSSR count). The lowest BCUT2D eigenvalue weighted by molar-refractivity contribution is 0.270. The Morgan fingerprint density at radius 3 is 2.80 bits per heavy atom. The van der Waals surface area contributed by atoms with Crippen molar-refractivity contribution in [3.05, 3.63) is 29.3 Å². The highest BCUT2D eigenvalue weighted by atomic mass is 16.5. The molecule has 2 aliphatic rings. The van der Waals surface area contributed by atoms with E-state index in [9.17, 15) is 0 Å². The zero-order valence-corrected chi connectivity index (χ0v) is 9.42. The minimum Gasteiger partial charge on any atom is -0.497 e. The summed E-state index contributed by atoms with van der Waals surface area (Å²) in [4.78, 5) is 2.43. The quantitative estimate of drug-likeness (QED) is 0.693. The van der Waals surface area contributed by atoms with Crippen LogP contribution < -0.4 is 4.74 Å². The summed E-state index contributed by atoms with van der Waals surface area (Å²) in [5.74, 6) is 1.00. The number of hydrogen-bond acceptors (Lipinski definition) is 2. The number of nitrogens with zero attached hydrogens (tertiary/aromatic N) is 1. The molecule has 2 heteroatoms. The number of ether oxygens (including phenoxy) is 1. The lowest BCUT2D eigenvalue weighted by Crippen LogP contribution is -2.35. The number of rotatable bonds is 1. The second-order valence-electron chi connectivity index (χ2n) is 4.98. The molecule has 0 radical (unpaired) electrons. The minimum absolute atomic E-state index is 0.469. The highest BCUT2D eigenvalue weighted by molar-refractivity contribution is 5.45. The monoisotopic (exact) mass is 203 g/mol. The summed E-state index contributed by atoms with van der Waals surface area (Å²) >= 11 is 0. The molecule has 0 unspecified atom stereocenters. The standard InChI is InChI=1S/C13H17NO/c1-14-8-10-3-4-11(15-2)7-12(10)13(9-14)5-6-13/h3-4,7H,5-6,8-9H2,1-2H3. The number of methoxy groups -OCH3 is 1. The zero-order valence-electron chi connectivity index (χ0n) is 9.42. The Kier molecular flexibility index (Phi) is 1.84. The van der Waals surface area contributed by atoms with Gasteiger partial charge in [-0.1, -0.05) is 6.07 Å². The molecule has 80 valence electrons. The van der Waals surface area contributed by atoms with Crippen LogP contribution in [0.4, 0.5) is 0 Å². The average Bonchev–Trinajstić information content (AvgIpc) is 2.98. The van der Waals surface area contributed by atoms with Crippen molar-refractivity contribution in [3.63, 3.8) is 0 Å². The van der Waals surface area contributed by atoms with Gasteiger partial charge in [0.05, 0.1) is 7.11 Å². The van der Waals surface area contributed by atoms with Gasteiger partial charge in [-0.2, -0.15) is 0 Å². The van der Waals surface area contributed by atoms with E-state index in [1.165, 1.54) is 24.9 Å². The van der Waals surface area contributed by atoms with Crippen LogP contribution >= 0.6 is 0 Å². The van der Waals surface area contributed by atoms with Crippen LogP contribution in [-0.4, -0.2) is 25.6 Å². The van der Waals surface area contributed by atoms with Gasteiger partial charge in [-0.05, 0) is 43.1 Å². The first-order valence-electron chi connectivity index (χ1n) is 5.59. The Morgan fingerprint density at radius 1 is 1.33 bits per heavy atom. The van der Waals surface area contributed by atoms with Gasteiger partial charge in [-0.3, -0.25) is 0 Å². The summed E-state index contributed by atoms with van der Waals surface area (Å²) in [7, 11) is 3.96. The summed E-state index contributed by atoms with van der Waals surface area (Å²) in [6.45, 7) is 2.30. The first kappa shape index (κ1) is 9.22. The van der Waals surface area contributed by atoms with Gasteiger partial charge in [0.15, 0.2) is 0 Å². The summed E-state index contributed by atoms with van der Waals surface area (Å²) in [5, 5.41) is 0. The molecule has 0 atom stereocenters. The van der Waals surface area contributed by atoms with E-state index in [0.717, 1.165) is 12.3 Å². The molecule has 0 amide bonds. The lowest BCUT2D eigenvalue weighted by atomic mass is 9.87. The number of likely N-dealkylation sites (N-methyl/N-ethyl adjacent to an activating group) is 1. The third kappa shape index (κ3) is 1.36. The predicted octanol–water partition coefficient (Wildman–Crippen LogP) is 2.17. The second kappa shape index (κ2) is 2.99. The van der Waals surface area contributed by atoms with Gasteiger partial charge in [-0.25, -0.2) is 0 Å². The Balaban J connectivity index is 2.08. The zero-order chi connectivity index (χ0) is 10.5. The highest BCUT2D eigenvalue weighted by Gasteiger charge is 2.48. The fourth-order valence-electron chi connectivity index (χ4n) is 2.84. The molecular formula is C13H17NO. The number of benzene rings is 1. The SMILES string of the molecule is COc1ccc2c(c1)C1(CC1)CN(C)C2. The van der Waals surface area contributed by atoms with Crippen LogP contribution in [0, 0.1) is 0 Å². The van der Waals surface area contributed by atoms with E-state index in [-0.39, 0.29) is 0 Å². The van der Waals surface area contributed by atoms with E-state index in [1.807, 2.05) is 0 Å². The van der Waals surface area contributed by atoms with Crippen molar-refractivity contribution < 1.29 is 4.74 Å². The summed E-state index contributed by atoms with van der Waals surface area (Å²) in [6.07, 6.45) is 2.69. The number of hydrogen-bond donors (Lipinski definition) is 0. The molecular weight excluding hydrogens is 186 g/mol. The summed E-state index contributed by atoms with van der Waals surface area (Å²) in [5.41, 5.74) is 3.50. The van der Waals surface area contributed by atoms with Crippen molar-refractivity contribution in [3.8, 4) is 5.75 Å². The van der Waals surface area contributed by atoms with Gasteiger partial charge in [0.25, 0.3) is 0 Å². The van der Waals surface area contributed by atoms with E-state index in [2.05, 4.69) is 30.1 Å². The average molecular weight is 203 g/mol. The lowest BCUT2D eigenvalue weighted by Gasteiger charge is -2.32. The van der Waals surface area contributed by atoms with Gasteiger partial charge in [0, 0.05) is 18.5 Å². The third-order valence-corrected chi connectivity index (χ3v) is 3.75. The number of fused-ring (bicyclic) bond motifs is 2. The molecule has 1 aromatic rings. The molecule has 1 spiro atoms. The van der Waals surface area contributed by atoms with Crippen LogP contribution in [0.3, 0.4) is 0 Å². The van der Waals surface area contributed by atoms with Gasteiger partial charge in [-0.15, -0.1) is 0 Å². The maximum Gasteiger partial charge on any atom is 0.119 e. The molecule has 15 heavy (non-hydrogen) atoms. The van der Waals surface area contributed by atoms with Crippen LogP contribution in [0.15, 0.2) is 18.2 Å². The van der Waals surface area contributed by atoms with E-state index in [1.54, 1.807) is 12.7 Å². The van der Waals surface area contributed by atoms with Gasteiger partial charge in [0.1, 0.15) is 5.75 Å². The Morgan fingerprint density at radius 2 is 2.13 bits per heavy atom. The van der Waals surface area contributed by atoms with Gasteiger partial charge >= 0.3 is 0 Å². The molecule has 1 heterocycles. The Hall–Kier alpha value is -1.02. The molecule has 1 saturated carbocycles. The van der Waals surface area contributed by atoms with Gasteiger partial charge in [0.2, 0.25) is 0 Å². The molecule has 2 nitrogen and oxygen atoms in total. The maximum atomic E-state index is 5.31. The fraction of sp³-hybridized carbons (Fsp3) is 0.538. The second-order valence-corrected chi connectivity index (χ2v) is 4.98. The maximum absolute atomic E-state index is 5.31.